The SMILES string of the molecule is Cc1cccc(NC(=O)Cn2c(C)cc(=O)n3nc(-c4ccccc4Cl)nc23)c1. The Morgan fingerprint density at radius 2 is 1.90 bits per heavy atom. The summed E-state index contributed by atoms with van der Waals surface area (Å²) >= 11 is 6.25. The summed E-state index contributed by atoms with van der Waals surface area (Å²) in [5.41, 5.74) is 2.67. The van der Waals surface area contributed by atoms with Crippen molar-refractivity contribution in [3.63, 3.8) is 0 Å². The van der Waals surface area contributed by atoms with Gasteiger partial charge in [-0.2, -0.15) is 9.50 Å². The fourth-order valence-electron chi connectivity index (χ4n) is 3.12. The van der Waals surface area contributed by atoms with Crippen molar-refractivity contribution >= 4 is 29.0 Å². The van der Waals surface area contributed by atoms with Gasteiger partial charge in [0.15, 0.2) is 5.82 Å². The van der Waals surface area contributed by atoms with E-state index in [4.69, 9.17) is 11.6 Å². The van der Waals surface area contributed by atoms with Crippen molar-refractivity contribution in [1.82, 2.24) is 19.2 Å². The number of halogens is 1. The summed E-state index contributed by atoms with van der Waals surface area (Å²) in [7, 11) is 0. The predicted molar refractivity (Wildman–Crippen MR) is 112 cm³/mol. The largest absolute Gasteiger partial charge is 0.325 e. The van der Waals surface area contributed by atoms with E-state index in [2.05, 4.69) is 15.4 Å². The number of benzene rings is 2. The van der Waals surface area contributed by atoms with Crippen molar-refractivity contribution in [2.75, 3.05) is 5.32 Å². The average molecular weight is 408 g/mol. The fourth-order valence-corrected chi connectivity index (χ4v) is 3.34. The molecule has 0 saturated heterocycles. The van der Waals surface area contributed by atoms with Gasteiger partial charge in [-0.15, -0.1) is 5.10 Å². The third kappa shape index (κ3) is 3.77. The number of carbonyl (C=O) groups excluding carboxylic acids is 1. The monoisotopic (exact) mass is 407 g/mol. The van der Waals surface area contributed by atoms with Crippen LogP contribution >= 0.6 is 11.6 Å². The van der Waals surface area contributed by atoms with E-state index in [1.54, 1.807) is 29.7 Å². The maximum absolute atomic E-state index is 12.6. The van der Waals surface area contributed by atoms with E-state index in [0.717, 1.165) is 5.56 Å². The topological polar surface area (TPSA) is 81.3 Å². The van der Waals surface area contributed by atoms with Gasteiger partial charge in [0.05, 0.1) is 5.02 Å². The van der Waals surface area contributed by atoms with Crippen molar-refractivity contribution in [3.05, 3.63) is 81.2 Å². The van der Waals surface area contributed by atoms with Gasteiger partial charge in [-0.3, -0.25) is 9.59 Å². The number of fused-ring (bicyclic) bond motifs is 1. The number of amides is 1. The van der Waals surface area contributed by atoms with Crippen molar-refractivity contribution < 1.29 is 4.79 Å². The lowest BCUT2D eigenvalue weighted by Gasteiger charge is -2.12. The number of anilines is 1. The minimum Gasteiger partial charge on any atom is -0.325 e. The first-order chi connectivity index (χ1) is 13.9. The Bertz CT molecular complexity index is 1290. The second-order valence-corrected chi connectivity index (χ2v) is 7.16. The number of hydrogen-bond acceptors (Lipinski definition) is 4. The number of rotatable bonds is 4. The highest BCUT2D eigenvalue weighted by Crippen LogP contribution is 2.25. The molecule has 1 amide bonds. The van der Waals surface area contributed by atoms with Crippen LogP contribution < -0.4 is 10.9 Å². The number of aryl methyl sites for hydroxylation is 2. The summed E-state index contributed by atoms with van der Waals surface area (Å²) in [5, 5.41) is 7.66. The molecule has 8 heteroatoms. The first kappa shape index (κ1) is 18.9. The molecule has 2 aromatic carbocycles. The van der Waals surface area contributed by atoms with Gasteiger partial charge in [-0.1, -0.05) is 35.9 Å². The molecule has 0 radical (unpaired) electrons. The number of hydrogen-bond donors (Lipinski definition) is 1. The van der Waals surface area contributed by atoms with Gasteiger partial charge in [0, 0.05) is 23.0 Å². The van der Waals surface area contributed by atoms with Crippen LogP contribution in [0.4, 0.5) is 5.69 Å². The summed E-state index contributed by atoms with van der Waals surface area (Å²) in [6, 6.07) is 16.1. The van der Waals surface area contributed by atoms with Gasteiger partial charge in [-0.25, -0.2) is 0 Å². The maximum Gasteiger partial charge on any atom is 0.275 e. The summed E-state index contributed by atoms with van der Waals surface area (Å²) < 4.78 is 2.84. The van der Waals surface area contributed by atoms with Crippen LogP contribution in [0, 0.1) is 13.8 Å². The van der Waals surface area contributed by atoms with Gasteiger partial charge in [0.25, 0.3) is 5.56 Å². The molecule has 0 aliphatic heterocycles. The van der Waals surface area contributed by atoms with Crippen LogP contribution in [0.1, 0.15) is 11.3 Å². The third-order valence-corrected chi connectivity index (χ3v) is 4.85. The van der Waals surface area contributed by atoms with Gasteiger partial charge in [0.2, 0.25) is 11.7 Å². The second-order valence-electron chi connectivity index (χ2n) is 6.75. The lowest BCUT2D eigenvalue weighted by Crippen LogP contribution is -2.25. The molecule has 0 aliphatic carbocycles. The number of carbonyl (C=O) groups is 1. The smallest absolute Gasteiger partial charge is 0.275 e. The van der Waals surface area contributed by atoms with Crippen molar-refractivity contribution in [2.45, 2.75) is 20.4 Å². The Labute approximate surface area is 171 Å². The van der Waals surface area contributed by atoms with Gasteiger partial charge >= 0.3 is 0 Å². The number of aromatic nitrogens is 4. The average Bonchev–Trinajstić information content (AvgIpc) is 3.11. The molecule has 0 aliphatic rings. The van der Waals surface area contributed by atoms with E-state index < -0.39 is 0 Å². The van der Waals surface area contributed by atoms with E-state index in [1.807, 2.05) is 37.3 Å². The normalized spacial score (nSPS) is 11.0. The van der Waals surface area contributed by atoms with E-state index >= 15 is 0 Å². The molecule has 0 atom stereocenters. The van der Waals surface area contributed by atoms with Crippen LogP contribution in [0.15, 0.2) is 59.4 Å². The van der Waals surface area contributed by atoms with Crippen LogP contribution in [-0.4, -0.2) is 25.1 Å². The zero-order valence-corrected chi connectivity index (χ0v) is 16.6. The van der Waals surface area contributed by atoms with Crippen LogP contribution in [0.3, 0.4) is 0 Å². The van der Waals surface area contributed by atoms with Crippen LogP contribution in [0.5, 0.6) is 0 Å². The highest BCUT2D eigenvalue weighted by atomic mass is 35.5. The Balaban J connectivity index is 1.73. The Kier molecular flexibility index (Phi) is 4.90. The highest BCUT2D eigenvalue weighted by molar-refractivity contribution is 6.33. The maximum atomic E-state index is 12.6. The standard InChI is InChI=1S/C21H18ClN5O2/c1-13-6-5-7-15(10-13)23-18(28)12-26-14(2)11-19(29)27-21(26)24-20(25-27)16-8-3-4-9-17(16)22/h3-11H,12H2,1-2H3,(H,23,28). The molecule has 0 unspecified atom stereocenters. The van der Waals surface area contributed by atoms with Crippen molar-refractivity contribution in [2.24, 2.45) is 0 Å². The van der Waals surface area contributed by atoms with E-state index in [0.29, 0.717) is 27.8 Å². The zero-order chi connectivity index (χ0) is 20.5. The van der Waals surface area contributed by atoms with E-state index in [-0.39, 0.29) is 23.8 Å². The summed E-state index contributed by atoms with van der Waals surface area (Å²) in [6.45, 7) is 3.70. The molecule has 2 aromatic heterocycles. The molecule has 0 saturated carbocycles. The van der Waals surface area contributed by atoms with E-state index in [1.165, 1.54) is 10.6 Å². The molecule has 1 N–H and O–H groups in total. The summed E-state index contributed by atoms with van der Waals surface area (Å²) in [4.78, 5) is 29.5. The second kappa shape index (κ2) is 7.52. The lowest BCUT2D eigenvalue weighted by atomic mass is 10.2. The van der Waals surface area contributed by atoms with Crippen molar-refractivity contribution in [3.8, 4) is 11.4 Å². The molecule has 0 bridgehead atoms. The predicted octanol–water partition coefficient (Wildman–Crippen LogP) is 3.47. The summed E-state index contributed by atoms with van der Waals surface area (Å²) in [6.07, 6.45) is 0. The van der Waals surface area contributed by atoms with Crippen LogP contribution in [0.2, 0.25) is 5.02 Å². The molecular weight excluding hydrogens is 390 g/mol. The Hall–Kier alpha value is -3.45. The van der Waals surface area contributed by atoms with Crippen LogP contribution in [0.25, 0.3) is 17.2 Å². The van der Waals surface area contributed by atoms with Gasteiger partial charge < -0.3 is 9.88 Å². The number of nitrogens with zero attached hydrogens (tertiary/aromatic N) is 4. The molecule has 0 fully saturated rings. The Morgan fingerprint density at radius 3 is 2.66 bits per heavy atom. The third-order valence-electron chi connectivity index (χ3n) is 4.52. The zero-order valence-electron chi connectivity index (χ0n) is 15.9. The molecule has 4 rings (SSSR count). The Morgan fingerprint density at radius 1 is 1.10 bits per heavy atom. The molecule has 2 heterocycles. The molecule has 7 nitrogen and oxygen atoms in total. The first-order valence-electron chi connectivity index (χ1n) is 9.01. The summed E-state index contributed by atoms with van der Waals surface area (Å²) in [5.74, 6) is 0.377. The minimum atomic E-state index is -0.321. The lowest BCUT2D eigenvalue weighted by molar-refractivity contribution is -0.116. The van der Waals surface area contributed by atoms with E-state index in [9.17, 15) is 9.59 Å². The molecule has 146 valence electrons. The molecular formula is C21H18ClN5O2. The molecule has 4 aromatic rings. The van der Waals surface area contributed by atoms with Gasteiger partial charge in [0.1, 0.15) is 6.54 Å². The molecule has 29 heavy (non-hydrogen) atoms. The first-order valence-corrected chi connectivity index (χ1v) is 9.39. The number of nitrogens with one attached hydrogen (secondary N) is 1. The highest BCUT2D eigenvalue weighted by Gasteiger charge is 2.17. The fraction of sp³-hybridized carbons (Fsp3) is 0.143. The molecule has 0 spiro atoms. The quantitative estimate of drug-likeness (QED) is 0.561. The minimum absolute atomic E-state index is 0.00971. The van der Waals surface area contributed by atoms with Gasteiger partial charge in [-0.05, 0) is 43.7 Å². The van der Waals surface area contributed by atoms with Crippen LogP contribution in [-0.2, 0) is 11.3 Å². The van der Waals surface area contributed by atoms with Crippen molar-refractivity contribution in [1.29, 1.82) is 0 Å².